The highest BCUT2D eigenvalue weighted by Crippen LogP contribution is 2.36. The Morgan fingerprint density at radius 2 is 1.74 bits per heavy atom. The van der Waals surface area contributed by atoms with Gasteiger partial charge in [-0.25, -0.2) is 8.42 Å². The number of rotatable bonds is 9. The Labute approximate surface area is 177 Å². The van der Waals surface area contributed by atoms with Crippen molar-refractivity contribution >= 4 is 21.5 Å². The average molecular weight is 461 g/mol. The minimum absolute atomic E-state index is 0.119. The highest BCUT2D eigenvalue weighted by atomic mass is 32.2. The summed E-state index contributed by atoms with van der Waals surface area (Å²) in [5, 5.41) is 10.0. The zero-order chi connectivity index (χ0) is 23.4. The molecule has 0 amide bonds. The van der Waals surface area contributed by atoms with Crippen LogP contribution in [0.1, 0.15) is 32.4 Å². The molecule has 2 rings (SSSR count). The van der Waals surface area contributed by atoms with Crippen molar-refractivity contribution in [2.45, 2.75) is 44.1 Å². The van der Waals surface area contributed by atoms with Gasteiger partial charge in [-0.1, -0.05) is 0 Å². The summed E-state index contributed by atoms with van der Waals surface area (Å²) in [5.74, 6) is -2.40. The first-order chi connectivity index (χ1) is 14.3. The highest BCUT2D eigenvalue weighted by molar-refractivity contribution is 7.92. The van der Waals surface area contributed by atoms with Crippen LogP contribution in [0.5, 0.6) is 11.5 Å². The molecule has 7 nitrogen and oxygen atoms in total. The maximum atomic E-state index is 13.0. The van der Waals surface area contributed by atoms with Gasteiger partial charge in [0.2, 0.25) is 0 Å². The van der Waals surface area contributed by atoms with E-state index in [0.29, 0.717) is 12.4 Å². The number of hydrogen-bond donors (Lipinski definition) is 2. The number of halogens is 3. The fourth-order valence-corrected chi connectivity index (χ4v) is 3.67. The molecule has 0 radical (unpaired) electrons. The number of nitrogens with one attached hydrogen (secondary N) is 1. The zero-order valence-electron chi connectivity index (χ0n) is 16.9. The van der Waals surface area contributed by atoms with Crippen LogP contribution in [0.2, 0.25) is 0 Å². The van der Waals surface area contributed by atoms with Gasteiger partial charge in [-0.3, -0.25) is 9.52 Å². The normalized spacial score (nSPS) is 13.1. The number of carbonyl (C=O) groups excluding carboxylic acids is 1. The summed E-state index contributed by atoms with van der Waals surface area (Å²) in [6, 6.07) is 8.56. The van der Waals surface area contributed by atoms with E-state index in [-0.39, 0.29) is 10.6 Å². The van der Waals surface area contributed by atoms with Crippen LogP contribution < -0.4 is 9.46 Å². The molecule has 0 aromatic heterocycles. The van der Waals surface area contributed by atoms with E-state index in [1.165, 1.54) is 38.1 Å². The summed E-state index contributed by atoms with van der Waals surface area (Å²) in [4.78, 5) is 11.7. The van der Waals surface area contributed by atoms with Crippen LogP contribution in [0.15, 0.2) is 47.4 Å². The number of anilines is 1. The smallest absolute Gasteiger partial charge is 0.453 e. The van der Waals surface area contributed by atoms with Gasteiger partial charge in [0, 0.05) is 11.3 Å². The van der Waals surface area contributed by atoms with Crippen molar-refractivity contribution in [1.82, 2.24) is 0 Å². The van der Waals surface area contributed by atoms with Crippen molar-refractivity contribution in [3.8, 4) is 11.5 Å². The first-order valence-corrected chi connectivity index (χ1v) is 10.7. The molecule has 0 fully saturated rings. The van der Waals surface area contributed by atoms with Gasteiger partial charge in [-0.05, 0) is 63.2 Å². The predicted molar refractivity (Wildman–Crippen MR) is 107 cm³/mol. The summed E-state index contributed by atoms with van der Waals surface area (Å²) < 4.78 is 76.8. The third-order valence-electron chi connectivity index (χ3n) is 3.93. The lowest BCUT2D eigenvalue weighted by molar-refractivity contribution is -0.185. The molecule has 2 aromatic rings. The van der Waals surface area contributed by atoms with Crippen LogP contribution >= 0.6 is 0 Å². The fraction of sp³-hybridized carbons (Fsp3) is 0.350. The first kappa shape index (κ1) is 24.5. The number of aromatic hydroxyl groups is 1. The summed E-state index contributed by atoms with van der Waals surface area (Å²) >= 11 is 0. The zero-order valence-corrected chi connectivity index (χ0v) is 17.8. The number of Topliss-reactive ketones (excluding diaryl/α,β-unsaturated/α-hetero) is 1. The summed E-state index contributed by atoms with van der Waals surface area (Å²) in [5.41, 5.74) is -0.670. The quantitative estimate of drug-likeness (QED) is 0.543. The molecule has 0 saturated carbocycles. The topological polar surface area (TPSA) is 102 Å². The molecule has 31 heavy (non-hydrogen) atoms. The van der Waals surface area contributed by atoms with Gasteiger partial charge in [-0.2, -0.15) is 13.2 Å². The predicted octanol–water partition coefficient (Wildman–Crippen LogP) is 4.19. The fourth-order valence-electron chi connectivity index (χ4n) is 2.62. The van der Waals surface area contributed by atoms with Crippen LogP contribution in [-0.2, 0) is 19.6 Å². The lowest BCUT2D eigenvalue weighted by Gasteiger charge is -2.22. The van der Waals surface area contributed by atoms with Crippen molar-refractivity contribution in [3.05, 3.63) is 48.0 Å². The number of ether oxygens (including phenoxy) is 2. The van der Waals surface area contributed by atoms with E-state index >= 15 is 0 Å². The molecule has 0 aliphatic heterocycles. The molecule has 2 N–H and O–H groups in total. The lowest BCUT2D eigenvalue weighted by Crippen LogP contribution is -2.32. The van der Waals surface area contributed by atoms with Gasteiger partial charge in [-0.15, -0.1) is 0 Å². The van der Waals surface area contributed by atoms with Gasteiger partial charge in [0.25, 0.3) is 15.8 Å². The lowest BCUT2D eigenvalue weighted by atomic mass is 10.0. The van der Waals surface area contributed by atoms with Gasteiger partial charge in [0.05, 0.1) is 17.6 Å². The van der Waals surface area contributed by atoms with Crippen molar-refractivity contribution in [1.29, 1.82) is 0 Å². The van der Waals surface area contributed by atoms with Crippen LogP contribution in [0.4, 0.5) is 18.9 Å². The average Bonchev–Trinajstić information content (AvgIpc) is 2.67. The van der Waals surface area contributed by atoms with E-state index in [1.807, 2.05) is 0 Å². The Morgan fingerprint density at radius 1 is 1.13 bits per heavy atom. The van der Waals surface area contributed by atoms with E-state index in [0.717, 1.165) is 18.2 Å². The van der Waals surface area contributed by atoms with Gasteiger partial charge >= 0.3 is 6.18 Å². The van der Waals surface area contributed by atoms with Crippen LogP contribution in [0, 0.1) is 0 Å². The number of alkyl halides is 3. The number of hydrogen-bond acceptors (Lipinski definition) is 6. The summed E-state index contributed by atoms with van der Waals surface area (Å²) in [7, 11) is -4.11. The first-order valence-electron chi connectivity index (χ1n) is 9.20. The van der Waals surface area contributed by atoms with Crippen molar-refractivity contribution < 1.29 is 41.0 Å². The largest absolute Gasteiger partial charge is 0.508 e. The monoisotopic (exact) mass is 461 g/mol. The maximum Gasteiger partial charge on any atom is 0.453 e. The highest BCUT2D eigenvalue weighted by Gasteiger charge is 2.45. The van der Waals surface area contributed by atoms with E-state index in [2.05, 4.69) is 4.72 Å². The second-order valence-corrected chi connectivity index (χ2v) is 8.39. The summed E-state index contributed by atoms with van der Waals surface area (Å²) in [6.45, 7) is 5.02. The molecule has 11 heteroatoms. The number of sulfonamides is 1. The SMILES string of the molecule is CCOc1ccc(S(=O)(=O)Nc2ccc(O)c([C@H](OC(C)C)C(=O)C(F)(F)F)c2)cc1. The number of ketones is 1. The van der Waals surface area contributed by atoms with Gasteiger partial charge in [0.1, 0.15) is 11.5 Å². The molecule has 0 unspecified atom stereocenters. The third kappa shape index (κ3) is 6.34. The molecule has 0 saturated heterocycles. The van der Waals surface area contributed by atoms with Crippen LogP contribution in [-0.4, -0.2) is 38.2 Å². The van der Waals surface area contributed by atoms with Gasteiger partial charge < -0.3 is 14.6 Å². The third-order valence-corrected chi connectivity index (χ3v) is 5.33. The van der Waals surface area contributed by atoms with E-state index < -0.39 is 45.5 Å². The molecule has 2 aromatic carbocycles. The molecular formula is C20H22F3NO6S. The molecule has 170 valence electrons. The number of phenolic OH excluding ortho intramolecular Hbond substituents is 1. The standard InChI is InChI=1S/C20H22F3NO6S/c1-4-29-14-6-8-15(9-7-14)31(27,28)24-13-5-10-17(25)16(11-13)18(30-12(2)3)19(26)20(21,22)23/h5-12,18,24-25H,4H2,1-3H3/t18-/m0/s1. The molecule has 0 heterocycles. The van der Waals surface area contributed by atoms with Crippen LogP contribution in [0.3, 0.4) is 0 Å². The van der Waals surface area contributed by atoms with Gasteiger partial charge in [0.15, 0.2) is 6.10 Å². The number of carbonyl (C=O) groups is 1. The Hall–Kier alpha value is -2.79. The van der Waals surface area contributed by atoms with E-state index in [9.17, 15) is 31.5 Å². The van der Waals surface area contributed by atoms with Crippen molar-refractivity contribution in [2.75, 3.05) is 11.3 Å². The second kappa shape index (κ2) is 9.56. The maximum absolute atomic E-state index is 13.0. The molecule has 0 aliphatic carbocycles. The van der Waals surface area contributed by atoms with E-state index in [4.69, 9.17) is 9.47 Å². The Bertz CT molecular complexity index is 1020. The van der Waals surface area contributed by atoms with Crippen LogP contribution in [0.25, 0.3) is 0 Å². The molecule has 0 aliphatic rings. The Kier molecular flexibility index (Phi) is 7.55. The molecule has 0 bridgehead atoms. The molecule has 0 spiro atoms. The van der Waals surface area contributed by atoms with Crippen molar-refractivity contribution in [3.63, 3.8) is 0 Å². The minimum Gasteiger partial charge on any atom is -0.508 e. The Balaban J connectivity index is 2.39. The number of benzene rings is 2. The second-order valence-electron chi connectivity index (χ2n) is 6.71. The van der Waals surface area contributed by atoms with E-state index in [1.54, 1.807) is 6.92 Å². The van der Waals surface area contributed by atoms with Crippen molar-refractivity contribution in [2.24, 2.45) is 0 Å². The summed E-state index contributed by atoms with van der Waals surface area (Å²) in [6.07, 6.45) is -8.15. The molecule has 1 atom stereocenters. The minimum atomic E-state index is -5.22. The molecular weight excluding hydrogens is 439 g/mol. The number of phenols is 1. The Morgan fingerprint density at radius 3 is 2.26 bits per heavy atom.